The molecule has 0 aromatic rings. The van der Waals surface area contributed by atoms with Crippen LogP contribution < -0.4 is 0 Å². The van der Waals surface area contributed by atoms with Crippen molar-refractivity contribution < 1.29 is 14.6 Å². The average Bonchev–Trinajstić information content (AvgIpc) is 2.08. The minimum Gasteiger partial charge on any atom is -0.460 e. The third kappa shape index (κ3) is 12.1. The Morgan fingerprint density at radius 2 is 1.87 bits per heavy atom. The van der Waals surface area contributed by atoms with Crippen molar-refractivity contribution in [3.05, 3.63) is 0 Å². The third-order valence-corrected chi connectivity index (χ3v) is 3.76. The van der Waals surface area contributed by atoms with Gasteiger partial charge in [0.25, 0.3) is 0 Å². The Balaban J connectivity index is 3.32. The van der Waals surface area contributed by atoms with Gasteiger partial charge in [0.1, 0.15) is 5.60 Å². The van der Waals surface area contributed by atoms with Crippen molar-refractivity contribution in [2.75, 3.05) is 18.1 Å². The number of hydrogen-bond acceptors (Lipinski definition) is 5. The SMILES string of the molecule is CC(C)(C)OC(=O)CCCSSCCO. The van der Waals surface area contributed by atoms with E-state index in [9.17, 15) is 4.79 Å². The third-order valence-electron chi connectivity index (χ3n) is 1.29. The van der Waals surface area contributed by atoms with Crippen LogP contribution in [0.15, 0.2) is 0 Å². The Hall–Kier alpha value is 0.130. The summed E-state index contributed by atoms with van der Waals surface area (Å²) in [6.07, 6.45) is 1.31. The molecule has 0 aliphatic heterocycles. The maximum absolute atomic E-state index is 11.3. The van der Waals surface area contributed by atoms with E-state index in [1.165, 1.54) is 0 Å². The largest absolute Gasteiger partial charge is 0.460 e. The lowest BCUT2D eigenvalue weighted by Crippen LogP contribution is -2.23. The normalized spacial score (nSPS) is 11.5. The highest BCUT2D eigenvalue weighted by Gasteiger charge is 2.15. The van der Waals surface area contributed by atoms with Crippen LogP contribution in [0.5, 0.6) is 0 Å². The number of rotatable bonds is 7. The molecule has 0 amide bonds. The molecule has 0 heterocycles. The van der Waals surface area contributed by atoms with Crippen LogP contribution in [0.2, 0.25) is 0 Å². The predicted molar refractivity (Wildman–Crippen MR) is 67.1 cm³/mol. The summed E-state index contributed by atoms with van der Waals surface area (Å²) in [5.74, 6) is 1.54. The second kappa shape index (κ2) is 8.30. The average molecular weight is 252 g/mol. The predicted octanol–water partition coefficient (Wildman–Crippen LogP) is 2.48. The first kappa shape index (κ1) is 15.1. The highest BCUT2D eigenvalue weighted by atomic mass is 33.1. The molecule has 0 radical (unpaired) electrons. The zero-order valence-corrected chi connectivity index (χ0v) is 11.2. The van der Waals surface area contributed by atoms with Crippen LogP contribution in [0.25, 0.3) is 0 Å². The molecule has 1 N–H and O–H groups in total. The number of aliphatic hydroxyl groups excluding tert-OH is 1. The van der Waals surface area contributed by atoms with Crippen molar-refractivity contribution in [3.63, 3.8) is 0 Å². The first-order chi connectivity index (χ1) is 6.95. The van der Waals surface area contributed by atoms with Crippen molar-refractivity contribution in [2.24, 2.45) is 0 Å². The van der Waals surface area contributed by atoms with Gasteiger partial charge >= 0.3 is 5.97 Å². The molecule has 0 rings (SSSR count). The summed E-state index contributed by atoms with van der Waals surface area (Å²) in [7, 11) is 3.32. The molecule has 0 aromatic heterocycles. The smallest absolute Gasteiger partial charge is 0.306 e. The first-order valence-electron chi connectivity index (χ1n) is 5.03. The Kier molecular flexibility index (Phi) is 8.37. The molecule has 0 atom stereocenters. The molecule has 0 spiro atoms. The molecular weight excluding hydrogens is 232 g/mol. The summed E-state index contributed by atoms with van der Waals surface area (Å²) in [6, 6.07) is 0. The summed E-state index contributed by atoms with van der Waals surface area (Å²) in [5, 5.41) is 8.53. The Morgan fingerprint density at radius 3 is 2.40 bits per heavy atom. The van der Waals surface area contributed by atoms with E-state index in [1.807, 2.05) is 20.8 Å². The zero-order chi connectivity index (χ0) is 11.7. The molecular formula is C10H20O3S2. The molecule has 0 aromatic carbocycles. The molecule has 0 bridgehead atoms. The number of esters is 1. The number of aliphatic hydroxyl groups is 1. The van der Waals surface area contributed by atoms with Crippen LogP contribution in [-0.4, -0.2) is 34.8 Å². The highest BCUT2D eigenvalue weighted by molar-refractivity contribution is 8.76. The van der Waals surface area contributed by atoms with E-state index in [-0.39, 0.29) is 18.2 Å². The van der Waals surface area contributed by atoms with Crippen LogP contribution in [0, 0.1) is 0 Å². The molecule has 3 nitrogen and oxygen atoms in total. The molecule has 90 valence electrons. The summed E-state index contributed by atoms with van der Waals surface area (Å²) in [4.78, 5) is 11.3. The minimum atomic E-state index is -0.379. The second-order valence-electron chi connectivity index (χ2n) is 4.06. The lowest BCUT2D eigenvalue weighted by molar-refractivity contribution is -0.154. The number of ether oxygens (including phenoxy) is 1. The lowest BCUT2D eigenvalue weighted by atomic mass is 10.2. The van der Waals surface area contributed by atoms with Gasteiger partial charge in [0.15, 0.2) is 0 Å². The van der Waals surface area contributed by atoms with Crippen molar-refractivity contribution in [2.45, 2.75) is 39.2 Å². The van der Waals surface area contributed by atoms with E-state index >= 15 is 0 Å². The Labute approximate surface area is 99.7 Å². The fraction of sp³-hybridized carbons (Fsp3) is 0.900. The van der Waals surface area contributed by atoms with E-state index in [0.717, 1.165) is 17.9 Å². The quantitative estimate of drug-likeness (QED) is 0.428. The van der Waals surface area contributed by atoms with Crippen molar-refractivity contribution in [3.8, 4) is 0 Å². The molecule has 0 saturated heterocycles. The topological polar surface area (TPSA) is 46.5 Å². The van der Waals surface area contributed by atoms with Gasteiger partial charge in [-0.05, 0) is 27.2 Å². The summed E-state index contributed by atoms with van der Waals surface area (Å²) in [5.41, 5.74) is -0.379. The van der Waals surface area contributed by atoms with Gasteiger partial charge in [0.05, 0.1) is 6.61 Å². The number of carbonyl (C=O) groups is 1. The van der Waals surface area contributed by atoms with Gasteiger partial charge in [-0.3, -0.25) is 4.79 Å². The van der Waals surface area contributed by atoms with Crippen molar-refractivity contribution in [1.82, 2.24) is 0 Å². The van der Waals surface area contributed by atoms with Gasteiger partial charge in [-0.25, -0.2) is 0 Å². The van der Waals surface area contributed by atoms with E-state index < -0.39 is 0 Å². The van der Waals surface area contributed by atoms with Crippen LogP contribution in [0.3, 0.4) is 0 Å². The monoisotopic (exact) mass is 252 g/mol. The van der Waals surface area contributed by atoms with Crippen LogP contribution in [-0.2, 0) is 9.53 Å². The fourth-order valence-electron chi connectivity index (χ4n) is 0.823. The maximum atomic E-state index is 11.3. The summed E-state index contributed by atoms with van der Waals surface area (Å²) >= 11 is 0. The van der Waals surface area contributed by atoms with Crippen LogP contribution >= 0.6 is 21.6 Å². The molecule has 0 aliphatic carbocycles. The minimum absolute atomic E-state index is 0.129. The number of hydrogen-bond donors (Lipinski definition) is 1. The Bertz CT molecular complexity index is 178. The standard InChI is InChI=1S/C10H20O3S2/c1-10(2,3)13-9(12)5-4-7-14-15-8-6-11/h11H,4-8H2,1-3H3. The summed E-state index contributed by atoms with van der Waals surface area (Å²) < 4.78 is 5.17. The first-order valence-corrected chi connectivity index (χ1v) is 7.51. The van der Waals surface area contributed by atoms with Crippen LogP contribution in [0.4, 0.5) is 0 Å². The summed E-state index contributed by atoms with van der Waals surface area (Å²) in [6.45, 7) is 5.83. The number of carbonyl (C=O) groups excluding carboxylic acids is 1. The van der Waals surface area contributed by atoms with E-state index in [1.54, 1.807) is 21.6 Å². The lowest BCUT2D eigenvalue weighted by Gasteiger charge is -2.19. The van der Waals surface area contributed by atoms with Crippen molar-refractivity contribution >= 4 is 27.6 Å². The molecule has 5 heteroatoms. The highest BCUT2D eigenvalue weighted by Crippen LogP contribution is 2.22. The van der Waals surface area contributed by atoms with Gasteiger partial charge in [0, 0.05) is 17.9 Å². The van der Waals surface area contributed by atoms with Gasteiger partial charge in [-0.1, -0.05) is 21.6 Å². The molecule has 0 unspecified atom stereocenters. The second-order valence-corrected chi connectivity index (χ2v) is 6.76. The van der Waals surface area contributed by atoms with Gasteiger partial charge in [0.2, 0.25) is 0 Å². The van der Waals surface area contributed by atoms with E-state index in [0.29, 0.717) is 6.42 Å². The zero-order valence-electron chi connectivity index (χ0n) is 9.62. The molecule has 15 heavy (non-hydrogen) atoms. The van der Waals surface area contributed by atoms with Crippen molar-refractivity contribution in [1.29, 1.82) is 0 Å². The van der Waals surface area contributed by atoms with E-state index in [2.05, 4.69) is 0 Å². The molecule has 0 saturated carbocycles. The van der Waals surface area contributed by atoms with Crippen LogP contribution in [0.1, 0.15) is 33.6 Å². The Morgan fingerprint density at radius 1 is 1.27 bits per heavy atom. The fourth-order valence-corrected chi connectivity index (χ4v) is 2.68. The van der Waals surface area contributed by atoms with Gasteiger partial charge in [-0.2, -0.15) is 0 Å². The molecule has 0 aliphatic rings. The molecule has 0 fully saturated rings. The van der Waals surface area contributed by atoms with Gasteiger partial charge in [-0.15, -0.1) is 0 Å². The maximum Gasteiger partial charge on any atom is 0.306 e. The van der Waals surface area contributed by atoms with Gasteiger partial charge < -0.3 is 9.84 Å². The van der Waals surface area contributed by atoms with E-state index in [4.69, 9.17) is 9.84 Å².